The molecule has 1 aliphatic rings. The first-order valence-electron chi connectivity index (χ1n) is 11.1. The van der Waals surface area contributed by atoms with Crippen LogP contribution in [0.1, 0.15) is 50.7 Å². The molecule has 30 heavy (non-hydrogen) atoms. The van der Waals surface area contributed by atoms with Crippen LogP contribution >= 0.6 is 0 Å². The summed E-state index contributed by atoms with van der Waals surface area (Å²) in [6, 6.07) is 16.5. The van der Waals surface area contributed by atoms with Gasteiger partial charge in [-0.05, 0) is 55.0 Å². The number of benzene rings is 2. The van der Waals surface area contributed by atoms with Gasteiger partial charge in [0.15, 0.2) is 0 Å². The number of fused-ring (bicyclic) bond motifs is 3. The highest BCUT2D eigenvalue weighted by Gasteiger charge is 2.47. The number of hydrogen-bond donors (Lipinski definition) is 1. The smallest absolute Gasteiger partial charge is 0.232 e. The lowest BCUT2D eigenvalue weighted by molar-refractivity contribution is -0.122. The van der Waals surface area contributed by atoms with Gasteiger partial charge in [0.05, 0.1) is 5.41 Å². The Hall–Kier alpha value is -2.65. The summed E-state index contributed by atoms with van der Waals surface area (Å²) in [4.78, 5) is 15.4. The molecule has 0 bridgehead atoms. The van der Waals surface area contributed by atoms with Crippen LogP contribution in [0.5, 0.6) is 0 Å². The summed E-state index contributed by atoms with van der Waals surface area (Å²) in [7, 11) is 0. The van der Waals surface area contributed by atoms with Gasteiger partial charge in [-0.15, -0.1) is 0 Å². The van der Waals surface area contributed by atoms with E-state index in [4.69, 9.17) is 5.73 Å². The van der Waals surface area contributed by atoms with Crippen molar-refractivity contribution in [3.8, 4) is 11.1 Å². The summed E-state index contributed by atoms with van der Waals surface area (Å²) in [6.07, 6.45) is 12.7. The lowest BCUT2D eigenvalue weighted by atomic mass is 9.74. The Balaban J connectivity index is 1.81. The molecule has 0 aliphatic heterocycles. The number of hydrogen-bond acceptors (Lipinski definition) is 2. The summed E-state index contributed by atoms with van der Waals surface area (Å²) in [5.74, 6) is -0.247. The maximum absolute atomic E-state index is 12.9. The van der Waals surface area contributed by atoms with Gasteiger partial charge in [0.2, 0.25) is 5.91 Å². The second-order valence-corrected chi connectivity index (χ2v) is 8.05. The van der Waals surface area contributed by atoms with Gasteiger partial charge in [0.25, 0.3) is 0 Å². The van der Waals surface area contributed by atoms with E-state index in [0.29, 0.717) is 0 Å². The van der Waals surface area contributed by atoms with E-state index in [-0.39, 0.29) is 5.91 Å². The molecule has 0 heterocycles. The molecule has 0 saturated heterocycles. The number of allylic oxidation sites excluding steroid dienone is 2. The normalized spacial score (nSPS) is 14.5. The molecule has 3 rings (SSSR count). The number of rotatable bonds is 11. The highest BCUT2D eigenvalue weighted by Crippen LogP contribution is 2.51. The molecule has 0 fully saturated rings. The highest BCUT2D eigenvalue weighted by molar-refractivity contribution is 5.99. The molecule has 1 aliphatic carbocycles. The molecule has 0 unspecified atom stereocenters. The molecule has 3 heteroatoms. The molecule has 2 aromatic rings. The summed E-state index contributed by atoms with van der Waals surface area (Å²) in [6.45, 7) is 7.03. The predicted molar refractivity (Wildman–Crippen MR) is 126 cm³/mol. The van der Waals surface area contributed by atoms with Gasteiger partial charge in [-0.2, -0.15) is 0 Å². The second kappa shape index (κ2) is 10.4. The van der Waals surface area contributed by atoms with E-state index in [0.717, 1.165) is 61.2 Å². The van der Waals surface area contributed by atoms with Crippen LogP contribution in [0.3, 0.4) is 0 Å². The quantitative estimate of drug-likeness (QED) is 0.508. The fourth-order valence-corrected chi connectivity index (χ4v) is 4.57. The largest absolute Gasteiger partial charge is 0.369 e. The van der Waals surface area contributed by atoms with Gasteiger partial charge in [-0.25, -0.2) is 0 Å². The predicted octanol–water partition coefficient (Wildman–Crippen LogP) is 5.45. The first-order valence-corrected chi connectivity index (χ1v) is 11.1. The number of amides is 1. The van der Waals surface area contributed by atoms with Crippen molar-refractivity contribution in [1.82, 2.24) is 4.90 Å². The van der Waals surface area contributed by atoms with Gasteiger partial charge in [0, 0.05) is 13.1 Å². The Morgan fingerprint density at radius 2 is 1.57 bits per heavy atom. The zero-order chi connectivity index (χ0) is 21.4. The number of carbonyl (C=O) groups excluding carboxylic acids is 1. The molecular weight excluding hydrogens is 368 g/mol. The summed E-state index contributed by atoms with van der Waals surface area (Å²) < 4.78 is 0. The third kappa shape index (κ3) is 4.41. The third-order valence-corrected chi connectivity index (χ3v) is 6.10. The van der Waals surface area contributed by atoms with Crippen LogP contribution in [0.15, 0.2) is 72.8 Å². The Morgan fingerprint density at radius 3 is 2.13 bits per heavy atom. The average molecular weight is 403 g/mol. The van der Waals surface area contributed by atoms with Crippen LogP contribution < -0.4 is 5.73 Å². The molecule has 0 radical (unpaired) electrons. The standard InChI is InChI=1S/C27H34N2O/c1-3-5-7-12-20-29(19-6-4-2)21-13-18-27(26(28)30)24-16-10-8-14-22(24)23-15-9-11-17-25(23)27/h4,6-12,14-17H,3,5,13,18-21H2,1-2H3,(H2,28,30). The van der Waals surface area contributed by atoms with Crippen molar-refractivity contribution in [1.29, 1.82) is 0 Å². The van der Waals surface area contributed by atoms with Crippen molar-refractivity contribution < 1.29 is 4.79 Å². The molecule has 0 saturated carbocycles. The first-order chi connectivity index (χ1) is 14.6. The molecule has 158 valence electrons. The van der Waals surface area contributed by atoms with Crippen LogP contribution in [0.2, 0.25) is 0 Å². The molecule has 3 nitrogen and oxygen atoms in total. The molecule has 0 atom stereocenters. The van der Waals surface area contributed by atoms with Gasteiger partial charge in [0.1, 0.15) is 0 Å². The van der Waals surface area contributed by atoms with Crippen molar-refractivity contribution in [2.24, 2.45) is 5.73 Å². The second-order valence-electron chi connectivity index (χ2n) is 8.05. The van der Waals surface area contributed by atoms with Crippen molar-refractivity contribution in [3.63, 3.8) is 0 Å². The SMILES string of the molecule is CC=CCN(CC=CCCC)CCCC1(C(N)=O)c2ccccc2-c2ccccc21. The molecule has 0 aromatic heterocycles. The van der Waals surface area contributed by atoms with Crippen LogP contribution in [0.25, 0.3) is 11.1 Å². The topological polar surface area (TPSA) is 46.3 Å². The lowest BCUT2D eigenvalue weighted by Gasteiger charge is -2.30. The minimum atomic E-state index is -0.739. The van der Waals surface area contributed by atoms with E-state index in [2.05, 4.69) is 67.3 Å². The first kappa shape index (κ1) is 22.0. The zero-order valence-electron chi connectivity index (χ0n) is 18.3. The van der Waals surface area contributed by atoms with Crippen molar-refractivity contribution in [3.05, 3.63) is 84.0 Å². The number of carbonyl (C=O) groups is 1. The van der Waals surface area contributed by atoms with E-state index in [9.17, 15) is 4.79 Å². The van der Waals surface area contributed by atoms with Gasteiger partial charge >= 0.3 is 0 Å². The Bertz CT molecular complexity index is 867. The van der Waals surface area contributed by atoms with Crippen LogP contribution in [-0.2, 0) is 10.2 Å². The highest BCUT2D eigenvalue weighted by atomic mass is 16.1. The Morgan fingerprint density at radius 1 is 0.967 bits per heavy atom. The fraction of sp³-hybridized carbons (Fsp3) is 0.370. The minimum Gasteiger partial charge on any atom is -0.369 e. The van der Waals surface area contributed by atoms with E-state index >= 15 is 0 Å². The number of nitrogens with zero attached hydrogens (tertiary/aromatic N) is 1. The lowest BCUT2D eigenvalue weighted by Crippen LogP contribution is -2.41. The molecule has 2 N–H and O–H groups in total. The summed E-state index contributed by atoms with van der Waals surface area (Å²) in [5, 5.41) is 0. The van der Waals surface area contributed by atoms with E-state index in [1.807, 2.05) is 24.3 Å². The minimum absolute atomic E-state index is 0.247. The maximum Gasteiger partial charge on any atom is 0.232 e. The van der Waals surface area contributed by atoms with Gasteiger partial charge in [-0.3, -0.25) is 9.69 Å². The molecule has 2 aromatic carbocycles. The van der Waals surface area contributed by atoms with E-state index < -0.39 is 5.41 Å². The van der Waals surface area contributed by atoms with Gasteiger partial charge < -0.3 is 5.73 Å². The zero-order valence-corrected chi connectivity index (χ0v) is 18.3. The number of unbranched alkanes of at least 4 members (excludes halogenated alkanes) is 1. The maximum atomic E-state index is 12.9. The summed E-state index contributed by atoms with van der Waals surface area (Å²) in [5.41, 5.74) is 9.75. The molecular formula is C27H34N2O. The van der Waals surface area contributed by atoms with Crippen LogP contribution in [-0.4, -0.2) is 30.4 Å². The third-order valence-electron chi connectivity index (χ3n) is 6.10. The van der Waals surface area contributed by atoms with E-state index in [1.54, 1.807) is 0 Å². The Kier molecular flexibility index (Phi) is 7.64. The number of primary amides is 1. The van der Waals surface area contributed by atoms with Gasteiger partial charge in [-0.1, -0.05) is 86.2 Å². The molecule has 1 amide bonds. The van der Waals surface area contributed by atoms with Crippen molar-refractivity contribution in [2.45, 2.75) is 44.9 Å². The van der Waals surface area contributed by atoms with Crippen molar-refractivity contribution >= 4 is 5.91 Å². The monoisotopic (exact) mass is 402 g/mol. The van der Waals surface area contributed by atoms with Crippen LogP contribution in [0, 0.1) is 0 Å². The number of nitrogens with two attached hydrogens (primary N) is 1. The van der Waals surface area contributed by atoms with Crippen LogP contribution in [0.4, 0.5) is 0 Å². The van der Waals surface area contributed by atoms with E-state index in [1.165, 1.54) is 6.42 Å². The van der Waals surface area contributed by atoms with Crippen molar-refractivity contribution in [2.75, 3.05) is 19.6 Å². The average Bonchev–Trinajstić information content (AvgIpc) is 3.06. The fourth-order valence-electron chi connectivity index (χ4n) is 4.57. The molecule has 0 spiro atoms. The Labute approximate surface area is 181 Å². The summed E-state index contributed by atoms with van der Waals surface area (Å²) >= 11 is 0.